The summed E-state index contributed by atoms with van der Waals surface area (Å²) in [5, 5.41) is 2.66. The fraction of sp³-hybridized carbons (Fsp3) is 1.00. The first-order chi connectivity index (χ1) is 6.54. The first-order valence-corrected chi connectivity index (χ1v) is 6.78. The van der Waals surface area contributed by atoms with Crippen molar-refractivity contribution in [1.82, 2.24) is 10.0 Å². The van der Waals surface area contributed by atoms with Gasteiger partial charge >= 0.3 is 0 Å². The van der Waals surface area contributed by atoms with Crippen molar-refractivity contribution in [2.45, 2.75) is 38.9 Å². The highest BCUT2D eigenvalue weighted by atomic mass is 32.2. The van der Waals surface area contributed by atoms with E-state index in [1.165, 1.54) is 0 Å². The Morgan fingerprint density at radius 1 is 1.29 bits per heavy atom. The molecule has 0 radical (unpaired) electrons. The Morgan fingerprint density at radius 2 is 1.93 bits per heavy atom. The molecule has 86 valence electrons. The Bertz CT molecular complexity index is 227. The van der Waals surface area contributed by atoms with Crippen LogP contribution in [0.25, 0.3) is 0 Å². The predicted octanol–water partition coefficient (Wildman–Crippen LogP) is 0.704. The Labute approximate surface area is 87.5 Å². The first kappa shape index (κ1) is 13.9. The number of hydrogen-bond acceptors (Lipinski definition) is 3. The maximum atomic E-state index is 11.6. The van der Waals surface area contributed by atoms with Crippen molar-refractivity contribution in [1.29, 1.82) is 0 Å². The Kier molecular flexibility index (Phi) is 7.13. The molecule has 1 atom stereocenters. The molecule has 0 aromatic carbocycles. The Morgan fingerprint density at radius 3 is 2.43 bits per heavy atom. The summed E-state index contributed by atoms with van der Waals surface area (Å²) >= 11 is 0. The van der Waals surface area contributed by atoms with Gasteiger partial charge in [-0.25, -0.2) is 13.1 Å². The highest BCUT2D eigenvalue weighted by molar-refractivity contribution is 7.90. The second-order valence-corrected chi connectivity index (χ2v) is 5.59. The molecule has 0 aliphatic heterocycles. The molecule has 0 aliphatic rings. The fourth-order valence-corrected chi connectivity index (χ4v) is 2.04. The first-order valence-electron chi connectivity index (χ1n) is 5.23. The van der Waals surface area contributed by atoms with E-state index in [4.69, 9.17) is 0 Å². The van der Waals surface area contributed by atoms with Crippen LogP contribution in [0.5, 0.6) is 0 Å². The topological polar surface area (TPSA) is 58.2 Å². The average molecular weight is 222 g/mol. The van der Waals surface area contributed by atoms with E-state index in [1.54, 1.807) is 6.92 Å². The van der Waals surface area contributed by atoms with Gasteiger partial charge in [-0.3, -0.25) is 0 Å². The van der Waals surface area contributed by atoms with Gasteiger partial charge in [0, 0.05) is 13.1 Å². The third kappa shape index (κ3) is 5.57. The van der Waals surface area contributed by atoms with Crippen LogP contribution in [0, 0.1) is 0 Å². The number of unbranched alkanes of at least 4 members (excludes halogenated alkanes) is 1. The molecule has 2 N–H and O–H groups in total. The highest BCUT2D eigenvalue weighted by Gasteiger charge is 2.18. The van der Waals surface area contributed by atoms with Crippen LogP contribution >= 0.6 is 0 Å². The molecule has 0 aliphatic carbocycles. The van der Waals surface area contributed by atoms with Crippen molar-refractivity contribution in [2.24, 2.45) is 0 Å². The largest absolute Gasteiger partial charge is 0.316 e. The molecular formula is C9H22N2O2S. The van der Waals surface area contributed by atoms with Crippen molar-refractivity contribution >= 4 is 10.0 Å². The third-order valence-electron chi connectivity index (χ3n) is 2.05. The number of rotatable bonds is 8. The van der Waals surface area contributed by atoms with Crippen molar-refractivity contribution in [2.75, 3.05) is 19.6 Å². The summed E-state index contributed by atoms with van der Waals surface area (Å²) < 4.78 is 25.7. The average Bonchev–Trinajstić information content (AvgIpc) is 2.14. The molecule has 1 unspecified atom stereocenters. The summed E-state index contributed by atoms with van der Waals surface area (Å²) in [7, 11) is -3.12. The quantitative estimate of drug-likeness (QED) is 0.595. The second-order valence-electron chi connectivity index (χ2n) is 3.41. The smallest absolute Gasteiger partial charge is 0.215 e. The summed E-state index contributed by atoms with van der Waals surface area (Å²) in [5.41, 5.74) is 0. The van der Waals surface area contributed by atoms with E-state index >= 15 is 0 Å². The van der Waals surface area contributed by atoms with Gasteiger partial charge in [-0.05, 0) is 19.9 Å². The summed E-state index contributed by atoms with van der Waals surface area (Å²) in [5.74, 6) is 0. The van der Waals surface area contributed by atoms with Crippen molar-refractivity contribution < 1.29 is 8.42 Å². The molecule has 5 heteroatoms. The molecule has 14 heavy (non-hydrogen) atoms. The van der Waals surface area contributed by atoms with Gasteiger partial charge in [0.2, 0.25) is 10.0 Å². The van der Waals surface area contributed by atoms with Gasteiger partial charge in [0.1, 0.15) is 0 Å². The van der Waals surface area contributed by atoms with Gasteiger partial charge in [-0.1, -0.05) is 20.3 Å². The molecule has 0 spiro atoms. The van der Waals surface area contributed by atoms with Crippen molar-refractivity contribution in [3.63, 3.8) is 0 Å². The van der Waals surface area contributed by atoms with E-state index in [0.29, 0.717) is 13.1 Å². The van der Waals surface area contributed by atoms with E-state index in [9.17, 15) is 8.42 Å². The normalized spacial score (nSPS) is 14.2. The third-order valence-corrected chi connectivity index (χ3v) is 3.88. The zero-order valence-corrected chi connectivity index (χ0v) is 10.2. The summed E-state index contributed by atoms with van der Waals surface area (Å²) in [6.07, 6.45) is 1.90. The standard InChI is InChI=1S/C9H22N2O2S/c1-4-6-7-11-14(12,13)9(3)8-10-5-2/h9-11H,4-8H2,1-3H3. The lowest BCUT2D eigenvalue weighted by Gasteiger charge is -2.13. The molecule has 0 saturated carbocycles. The van der Waals surface area contributed by atoms with E-state index in [-0.39, 0.29) is 5.25 Å². The van der Waals surface area contributed by atoms with Crippen LogP contribution in [0.4, 0.5) is 0 Å². The van der Waals surface area contributed by atoms with Crippen LogP contribution in [0.2, 0.25) is 0 Å². The zero-order chi connectivity index (χ0) is 11.0. The van der Waals surface area contributed by atoms with E-state index in [0.717, 1.165) is 19.4 Å². The van der Waals surface area contributed by atoms with Gasteiger partial charge in [-0.2, -0.15) is 0 Å². The Balaban J connectivity index is 3.91. The van der Waals surface area contributed by atoms with Crippen LogP contribution in [0.3, 0.4) is 0 Å². The Hall–Kier alpha value is -0.130. The summed E-state index contributed by atoms with van der Waals surface area (Å²) in [4.78, 5) is 0. The molecule has 0 fully saturated rings. The zero-order valence-electron chi connectivity index (χ0n) is 9.34. The van der Waals surface area contributed by atoms with Crippen molar-refractivity contribution in [3.05, 3.63) is 0 Å². The maximum absolute atomic E-state index is 11.6. The van der Waals surface area contributed by atoms with E-state index in [2.05, 4.69) is 10.0 Å². The van der Waals surface area contributed by atoms with Gasteiger partial charge in [0.25, 0.3) is 0 Å². The lowest BCUT2D eigenvalue weighted by molar-refractivity contribution is 0.557. The van der Waals surface area contributed by atoms with Gasteiger partial charge in [0.05, 0.1) is 5.25 Å². The lowest BCUT2D eigenvalue weighted by atomic mass is 10.3. The molecule has 4 nitrogen and oxygen atoms in total. The molecule has 0 aromatic rings. The predicted molar refractivity (Wildman–Crippen MR) is 59.8 cm³/mol. The molecular weight excluding hydrogens is 200 g/mol. The number of sulfonamides is 1. The van der Waals surface area contributed by atoms with Crippen molar-refractivity contribution in [3.8, 4) is 0 Å². The maximum Gasteiger partial charge on any atom is 0.215 e. The van der Waals surface area contributed by atoms with Crippen LogP contribution in [0.1, 0.15) is 33.6 Å². The minimum atomic E-state index is -3.12. The van der Waals surface area contributed by atoms with Gasteiger partial charge in [0.15, 0.2) is 0 Å². The van der Waals surface area contributed by atoms with Gasteiger partial charge < -0.3 is 5.32 Å². The monoisotopic (exact) mass is 222 g/mol. The molecule has 0 amide bonds. The molecule has 0 bridgehead atoms. The number of hydrogen-bond donors (Lipinski definition) is 2. The highest BCUT2D eigenvalue weighted by Crippen LogP contribution is 1.97. The van der Waals surface area contributed by atoms with Crippen LogP contribution < -0.4 is 10.0 Å². The number of nitrogens with one attached hydrogen (secondary N) is 2. The SMILES string of the molecule is CCCCNS(=O)(=O)C(C)CNCC. The van der Waals surface area contributed by atoms with Crippen LogP contribution in [-0.4, -0.2) is 33.3 Å². The molecule has 0 aromatic heterocycles. The van der Waals surface area contributed by atoms with E-state index < -0.39 is 10.0 Å². The minimum Gasteiger partial charge on any atom is -0.316 e. The molecule has 0 rings (SSSR count). The summed E-state index contributed by atoms with van der Waals surface area (Å²) in [6.45, 7) is 7.58. The van der Waals surface area contributed by atoms with Crippen LogP contribution in [0.15, 0.2) is 0 Å². The summed E-state index contributed by atoms with van der Waals surface area (Å²) in [6, 6.07) is 0. The molecule has 0 heterocycles. The lowest BCUT2D eigenvalue weighted by Crippen LogP contribution is -2.39. The minimum absolute atomic E-state index is 0.362. The van der Waals surface area contributed by atoms with Crippen LogP contribution in [-0.2, 0) is 10.0 Å². The van der Waals surface area contributed by atoms with Gasteiger partial charge in [-0.15, -0.1) is 0 Å². The second kappa shape index (κ2) is 7.20. The fourth-order valence-electron chi connectivity index (χ4n) is 0.991. The molecule has 0 saturated heterocycles. The van der Waals surface area contributed by atoms with E-state index in [1.807, 2.05) is 13.8 Å².